The van der Waals surface area contributed by atoms with Crippen molar-refractivity contribution in [1.82, 2.24) is 14.1 Å². The Hall–Kier alpha value is -0.630. The summed E-state index contributed by atoms with van der Waals surface area (Å²) in [6, 6.07) is 0. The van der Waals surface area contributed by atoms with Crippen molar-refractivity contribution in [2.75, 3.05) is 6.54 Å². The minimum atomic E-state index is -3.63. The third-order valence-electron chi connectivity index (χ3n) is 3.15. The predicted octanol–water partition coefficient (Wildman–Crippen LogP) is 2.76. The number of thiazole rings is 1. The van der Waals surface area contributed by atoms with Gasteiger partial charge in [-0.05, 0) is 5.92 Å². The van der Waals surface area contributed by atoms with Gasteiger partial charge in [0.05, 0.1) is 0 Å². The van der Waals surface area contributed by atoms with Gasteiger partial charge in [-0.15, -0.1) is 11.3 Å². The Labute approximate surface area is 121 Å². The van der Waals surface area contributed by atoms with E-state index in [9.17, 15) is 8.42 Å². The number of imidazole rings is 1. The zero-order valence-electron chi connectivity index (χ0n) is 10.8. The average Bonchev–Trinajstić information content (AvgIpc) is 2.89. The molecule has 106 valence electrons. The van der Waals surface area contributed by atoms with E-state index in [-0.39, 0.29) is 10.2 Å². The van der Waals surface area contributed by atoms with Gasteiger partial charge in [0.15, 0.2) is 15.1 Å². The van der Waals surface area contributed by atoms with Crippen molar-refractivity contribution in [2.24, 2.45) is 5.92 Å². The lowest BCUT2D eigenvalue weighted by molar-refractivity contribution is 0.478. The Morgan fingerprint density at radius 3 is 2.79 bits per heavy atom. The molecule has 8 heteroatoms. The van der Waals surface area contributed by atoms with E-state index >= 15 is 0 Å². The summed E-state index contributed by atoms with van der Waals surface area (Å²) in [6.07, 6.45) is 3.53. The summed E-state index contributed by atoms with van der Waals surface area (Å²) in [5, 5.41) is 1.82. The summed E-state index contributed by atoms with van der Waals surface area (Å²) in [6.45, 7) is 4.51. The van der Waals surface area contributed by atoms with Crippen molar-refractivity contribution in [3.8, 4) is 0 Å². The predicted molar refractivity (Wildman–Crippen MR) is 77.3 cm³/mol. The standard InChI is InChI=1S/C11H16ClN3O2S2/c1-3-8(4-2)7-13-19(16,17)10-9(12)14-11-15(10)5-6-18-11/h5-6,8,13H,3-4,7H2,1-2H3. The van der Waals surface area contributed by atoms with Crippen molar-refractivity contribution in [3.63, 3.8) is 0 Å². The maximum Gasteiger partial charge on any atom is 0.259 e. The van der Waals surface area contributed by atoms with Crippen LogP contribution >= 0.6 is 22.9 Å². The van der Waals surface area contributed by atoms with Crippen LogP contribution in [0.2, 0.25) is 5.15 Å². The first-order valence-electron chi connectivity index (χ1n) is 6.10. The first-order valence-corrected chi connectivity index (χ1v) is 8.84. The number of fused-ring (bicyclic) bond motifs is 1. The monoisotopic (exact) mass is 321 g/mol. The van der Waals surface area contributed by atoms with Gasteiger partial charge in [0.25, 0.3) is 10.0 Å². The molecule has 0 unspecified atom stereocenters. The fourth-order valence-electron chi connectivity index (χ4n) is 1.85. The fraction of sp³-hybridized carbons (Fsp3) is 0.545. The number of rotatable bonds is 6. The SMILES string of the molecule is CCC(CC)CNS(=O)(=O)c1c(Cl)nc2sccn12. The van der Waals surface area contributed by atoms with E-state index < -0.39 is 10.0 Å². The van der Waals surface area contributed by atoms with Crippen LogP contribution < -0.4 is 4.72 Å². The van der Waals surface area contributed by atoms with Crippen molar-refractivity contribution >= 4 is 37.9 Å². The third-order valence-corrected chi connectivity index (χ3v) is 5.73. The van der Waals surface area contributed by atoms with E-state index in [0.29, 0.717) is 17.4 Å². The summed E-state index contributed by atoms with van der Waals surface area (Å²) in [7, 11) is -3.63. The van der Waals surface area contributed by atoms with Crippen LogP contribution in [0.4, 0.5) is 0 Å². The number of nitrogens with one attached hydrogen (secondary N) is 1. The molecule has 0 saturated carbocycles. The molecule has 2 heterocycles. The summed E-state index contributed by atoms with van der Waals surface area (Å²) in [5.74, 6) is 0.333. The zero-order valence-corrected chi connectivity index (χ0v) is 13.1. The lowest BCUT2D eigenvalue weighted by atomic mass is 10.0. The van der Waals surface area contributed by atoms with Crippen molar-refractivity contribution < 1.29 is 8.42 Å². The summed E-state index contributed by atoms with van der Waals surface area (Å²) < 4.78 is 28.7. The van der Waals surface area contributed by atoms with Gasteiger partial charge in [0.2, 0.25) is 0 Å². The summed E-state index contributed by atoms with van der Waals surface area (Å²) in [4.78, 5) is 4.61. The van der Waals surface area contributed by atoms with Crippen LogP contribution in [0.25, 0.3) is 4.96 Å². The second-order valence-corrected chi connectivity index (χ2v) is 7.21. The molecule has 0 spiro atoms. The number of hydrogen-bond donors (Lipinski definition) is 1. The van der Waals surface area contributed by atoms with Crippen LogP contribution in [0.5, 0.6) is 0 Å². The Balaban J connectivity index is 2.29. The van der Waals surface area contributed by atoms with Crippen LogP contribution in [-0.2, 0) is 10.0 Å². The number of halogens is 1. The molecule has 2 aromatic heterocycles. The fourth-order valence-corrected chi connectivity index (χ4v) is 4.42. The third kappa shape index (κ3) is 2.94. The topological polar surface area (TPSA) is 63.5 Å². The van der Waals surface area contributed by atoms with E-state index in [2.05, 4.69) is 9.71 Å². The molecular weight excluding hydrogens is 306 g/mol. The van der Waals surface area contributed by atoms with Gasteiger partial charge < -0.3 is 0 Å². The highest BCUT2D eigenvalue weighted by Gasteiger charge is 2.25. The van der Waals surface area contributed by atoms with Crippen molar-refractivity contribution in [1.29, 1.82) is 0 Å². The molecule has 5 nitrogen and oxygen atoms in total. The number of sulfonamides is 1. The minimum absolute atomic E-state index is 0.0175. The first kappa shape index (κ1) is 14.8. The largest absolute Gasteiger partial charge is 0.279 e. The molecule has 0 radical (unpaired) electrons. The average molecular weight is 322 g/mol. The summed E-state index contributed by atoms with van der Waals surface area (Å²) in [5.41, 5.74) is 0. The second kappa shape index (κ2) is 5.78. The molecule has 0 aliphatic rings. The molecule has 1 N–H and O–H groups in total. The van der Waals surface area contributed by atoms with E-state index in [1.165, 1.54) is 15.7 Å². The molecule has 19 heavy (non-hydrogen) atoms. The molecule has 0 aliphatic carbocycles. The highest BCUT2D eigenvalue weighted by molar-refractivity contribution is 7.89. The van der Waals surface area contributed by atoms with Gasteiger partial charge >= 0.3 is 0 Å². The van der Waals surface area contributed by atoms with E-state index in [4.69, 9.17) is 11.6 Å². The molecule has 0 aliphatic heterocycles. The molecule has 0 fully saturated rings. The normalized spacial score (nSPS) is 12.6. The number of nitrogens with zero attached hydrogens (tertiary/aromatic N) is 2. The summed E-state index contributed by atoms with van der Waals surface area (Å²) >= 11 is 7.28. The van der Waals surface area contributed by atoms with Crippen LogP contribution in [0.1, 0.15) is 26.7 Å². The first-order chi connectivity index (χ1) is 8.99. The Morgan fingerprint density at radius 2 is 2.16 bits per heavy atom. The molecule has 0 saturated heterocycles. The van der Waals surface area contributed by atoms with Gasteiger partial charge in [-0.3, -0.25) is 4.40 Å². The van der Waals surface area contributed by atoms with Gasteiger partial charge in [0.1, 0.15) is 0 Å². The zero-order chi connectivity index (χ0) is 14.0. The van der Waals surface area contributed by atoms with Gasteiger partial charge in [0, 0.05) is 18.1 Å². The Kier molecular flexibility index (Phi) is 4.50. The van der Waals surface area contributed by atoms with Gasteiger partial charge in [-0.25, -0.2) is 18.1 Å². The molecule has 0 bridgehead atoms. The smallest absolute Gasteiger partial charge is 0.259 e. The minimum Gasteiger partial charge on any atom is -0.279 e. The molecule has 0 atom stereocenters. The highest BCUT2D eigenvalue weighted by atomic mass is 35.5. The van der Waals surface area contributed by atoms with E-state index in [0.717, 1.165) is 12.8 Å². The quantitative estimate of drug-likeness (QED) is 0.889. The maximum absolute atomic E-state index is 12.3. The Bertz CT molecular complexity index is 659. The lowest BCUT2D eigenvalue weighted by Gasteiger charge is -2.13. The highest BCUT2D eigenvalue weighted by Crippen LogP contribution is 2.25. The number of aromatic nitrogens is 2. The molecule has 2 aromatic rings. The molecular formula is C11H16ClN3O2S2. The number of hydrogen-bond acceptors (Lipinski definition) is 4. The molecule has 0 amide bonds. The second-order valence-electron chi connectivity index (χ2n) is 4.30. The van der Waals surface area contributed by atoms with Crippen molar-refractivity contribution in [3.05, 3.63) is 16.7 Å². The van der Waals surface area contributed by atoms with Crippen LogP contribution in [-0.4, -0.2) is 24.3 Å². The van der Waals surface area contributed by atoms with E-state index in [1.807, 2.05) is 13.8 Å². The van der Waals surface area contributed by atoms with Crippen LogP contribution in [0, 0.1) is 5.92 Å². The Morgan fingerprint density at radius 1 is 1.47 bits per heavy atom. The van der Waals surface area contributed by atoms with Crippen LogP contribution in [0.15, 0.2) is 16.6 Å². The van der Waals surface area contributed by atoms with Crippen molar-refractivity contribution in [2.45, 2.75) is 31.7 Å². The van der Waals surface area contributed by atoms with E-state index in [1.54, 1.807) is 11.6 Å². The van der Waals surface area contributed by atoms with Gasteiger partial charge in [-0.1, -0.05) is 38.3 Å². The molecule has 2 rings (SSSR count). The lowest BCUT2D eigenvalue weighted by Crippen LogP contribution is -2.30. The maximum atomic E-state index is 12.3. The molecule has 0 aromatic carbocycles. The van der Waals surface area contributed by atoms with Gasteiger partial charge in [-0.2, -0.15) is 0 Å². The van der Waals surface area contributed by atoms with Crippen LogP contribution in [0.3, 0.4) is 0 Å².